The molecule has 3 atom stereocenters. The summed E-state index contributed by atoms with van der Waals surface area (Å²) in [6.07, 6.45) is 7.53. The molecule has 104 valence electrons. The highest BCUT2D eigenvalue weighted by Gasteiger charge is 2.56. The van der Waals surface area contributed by atoms with Crippen LogP contribution in [0.2, 0.25) is 0 Å². The van der Waals surface area contributed by atoms with E-state index in [-0.39, 0.29) is 5.60 Å². The molecule has 18 heavy (non-hydrogen) atoms. The van der Waals surface area contributed by atoms with Crippen molar-refractivity contribution in [1.29, 1.82) is 0 Å². The molecule has 0 bridgehead atoms. The molecule has 1 aliphatic heterocycles. The van der Waals surface area contributed by atoms with Crippen LogP contribution in [0.4, 0.5) is 0 Å². The smallest absolute Gasteiger partial charge is 0.0974 e. The van der Waals surface area contributed by atoms with Crippen LogP contribution in [0.3, 0.4) is 0 Å². The zero-order valence-corrected chi connectivity index (χ0v) is 12.2. The van der Waals surface area contributed by atoms with E-state index in [0.717, 1.165) is 38.7 Å². The van der Waals surface area contributed by atoms with Crippen molar-refractivity contribution in [1.82, 2.24) is 0 Å². The van der Waals surface area contributed by atoms with Gasteiger partial charge in [0.15, 0.2) is 0 Å². The number of aliphatic hydroxyl groups is 1. The van der Waals surface area contributed by atoms with Crippen molar-refractivity contribution in [3.05, 3.63) is 12.7 Å². The van der Waals surface area contributed by atoms with E-state index in [1.54, 1.807) is 0 Å². The Balaban J connectivity index is 2.24. The Labute approximate surface area is 111 Å². The Hall–Kier alpha value is -0.340. The highest BCUT2D eigenvalue weighted by atomic mass is 16.5. The molecular weight excluding hydrogens is 224 g/mol. The first-order chi connectivity index (χ1) is 8.33. The van der Waals surface area contributed by atoms with E-state index in [0.29, 0.717) is 17.8 Å². The van der Waals surface area contributed by atoms with Gasteiger partial charge < -0.3 is 9.84 Å². The van der Waals surface area contributed by atoms with Crippen molar-refractivity contribution in [2.24, 2.45) is 11.3 Å². The second kappa shape index (κ2) is 4.64. The third-order valence-corrected chi connectivity index (χ3v) is 5.14. The first-order valence-corrected chi connectivity index (χ1v) is 7.30. The van der Waals surface area contributed by atoms with Crippen molar-refractivity contribution < 1.29 is 9.84 Å². The van der Waals surface area contributed by atoms with Gasteiger partial charge in [-0.2, -0.15) is 0 Å². The van der Waals surface area contributed by atoms with Crippen molar-refractivity contribution in [3.63, 3.8) is 0 Å². The minimum atomic E-state index is -0.687. The van der Waals surface area contributed by atoms with Gasteiger partial charge in [0.1, 0.15) is 0 Å². The summed E-state index contributed by atoms with van der Waals surface area (Å²) in [5.74, 6) is 0.640. The van der Waals surface area contributed by atoms with Crippen LogP contribution in [0.1, 0.15) is 59.3 Å². The molecule has 1 saturated carbocycles. The van der Waals surface area contributed by atoms with Crippen LogP contribution >= 0.6 is 0 Å². The quantitative estimate of drug-likeness (QED) is 0.760. The fourth-order valence-corrected chi connectivity index (χ4v) is 3.82. The fraction of sp³-hybridized carbons (Fsp3) is 0.875. The second-order valence-corrected chi connectivity index (χ2v) is 7.28. The summed E-state index contributed by atoms with van der Waals surface area (Å²) in [6.45, 7) is 11.5. The molecule has 0 aromatic heterocycles. The summed E-state index contributed by atoms with van der Waals surface area (Å²) in [6, 6.07) is 0. The fourth-order valence-electron chi connectivity index (χ4n) is 3.82. The van der Waals surface area contributed by atoms with Gasteiger partial charge in [0.2, 0.25) is 0 Å². The van der Waals surface area contributed by atoms with E-state index < -0.39 is 5.60 Å². The minimum Gasteiger partial charge on any atom is -0.387 e. The van der Waals surface area contributed by atoms with Gasteiger partial charge >= 0.3 is 0 Å². The summed E-state index contributed by atoms with van der Waals surface area (Å²) in [4.78, 5) is 0. The highest BCUT2D eigenvalue weighted by molar-refractivity contribution is 5.10. The summed E-state index contributed by atoms with van der Waals surface area (Å²) >= 11 is 0. The Kier molecular flexibility index (Phi) is 3.63. The molecule has 1 spiro atoms. The molecule has 1 aliphatic carbocycles. The molecule has 0 amide bonds. The zero-order chi connectivity index (χ0) is 13.4. The molecule has 0 unspecified atom stereocenters. The number of hydrogen-bond donors (Lipinski definition) is 1. The normalized spacial score (nSPS) is 41.2. The molecule has 2 heteroatoms. The Morgan fingerprint density at radius 1 is 1.39 bits per heavy atom. The number of rotatable bonds is 2. The van der Waals surface area contributed by atoms with Crippen LogP contribution in [-0.4, -0.2) is 22.9 Å². The van der Waals surface area contributed by atoms with Gasteiger partial charge in [-0.25, -0.2) is 0 Å². The van der Waals surface area contributed by atoms with Crippen molar-refractivity contribution in [3.8, 4) is 0 Å². The van der Waals surface area contributed by atoms with Crippen molar-refractivity contribution >= 4 is 0 Å². The molecule has 0 radical (unpaired) electrons. The molecule has 2 fully saturated rings. The molecule has 1 N–H and O–H groups in total. The zero-order valence-electron chi connectivity index (χ0n) is 12.2. The Morgan fingerprint density at radius 3 is 2.61 bits per heavy atom. The predicted octanol–water partition coefficient (Wildman–Crippen LogP) is 3.69. The maximum atomic E-state index is 11.0. The lowest BCUT2D eigenvalue weighted by Crippen LogP contribution is -2.58. The van der Waals surface area contributed by atoms with Crippen LogP contribution in [0.25, 0.3) is 0 Å². The predicted molar refractivity (Wildman–Crippen MR) is 74.5 cm³/mol. The lowest BCUT2D eigenvalue weighted by atomic mass is 9.60. The third-order valence-electron chi connectivity index (χ3n) is 5.14. The number of hydrogen-bond acceptors (Lipinski definition) is 2. The maximum absolute atomic E-state index is 11.0. The molecule has 2 aliphatic rings. The van der Waals surface area contributed by atoms with Gasteiger partial charge in [-0.3, -0.25) is 0 Å². The lowest BCUT2D eigenvalue weighted by Gasteiger charge is -2.52. The summed E-state index contributed by atoms with van der Waals surface area (Å²) in [7, 11) is 0. The summed E-state index contributed by atoms with van der Waals surface area (Å²) in [5, 5.41) is 11.0. The van der Waals surface area contributed by atoms with E-state index in [1.165, 1.54) is 0 Å². The van der Waals surface area contributed by atoms with Gasteiger partial charge in [-0.05, 0) is 49.9 Å². The van der Waals surface area contributed by atoms with Crippen LogP contribution in [0, 0.1) is 11.3 Å². The second-order valence-electron chi connectivity index (χ2n) is 7.28. The largest absolute Gasteiger partial charge is 0.387 e. The van der Waals surface area contributed by atoms with Gasteiger partial charge in [-0.1, -0.05) is 26.8 Å². The van der Waals surface area contributed by atoms with Crippen LogP contribution in [0.15, 0.2) is 12.7 Å². The lowest BCUT2D eigenvalue weighted by molar-refractivity contribution is -0.197. The summed E-state index contributed by atoms with van der Waals surface area (Å²) in [5.41, 5.74) is -0.696. The van der Waals surface area contributed by atoms with Crippen molar-refractivity contribution in [2.75, 3.05) is 6.61 Å². The van der Waals surface area contributed by atoms with E-state index in [1.807, 2.05) is 6.08 Å². The first-order valence-electron chi connectivity index (χ1n) is 7.30. The van der Waals surface area contributed by atoms with E-state index in [2.05, 4.69) is 27.4 Å². The molecule has 2 rings (SSSR count). The van der Waals surface area contributed by atoms with Crippen LogP contribution in [-0.2, 0) is 4.74 Å². The standard InChI is InChI=1S/C16H28O2/c1-5-8-15(17)10-7-13(14(2,3)4)12-16(15)9-6-11-18-16/h5,13,17H,1,6-12H2,2-4H3/t13-,15+,16-/m1/s1. The highest BCUT2D eigenvalue weighted by Crippen LogP contribution is 2.53. The number of ether oxygens (including phenoxy) is 1. The molecule has 1 saturated heterocycles. The van der Waals surface area contributed by atoms with Gasteiger partial charge in [0.05, 0.1) is 11.2 Å². The first kappa shape index (κ1) is 14.1. The average molecular weight is 252 g/mol. The van der Waals surface area contributed by atoms with E-state index in [9.17, 15) is 5.11 Å². The Morgan fingerprint density at radius 2 is 2.11 bits per heavy atom. The van der Waals surface area contributed by atoms with Crippen LogP contribution in [0.5, 0.6) is 0 Å². The molecule has 1 heterocycles. The van der Waals surface area contributed by atoms with Crippen LogP contribution < -0.4 is 0 Å². The van der Waals surface area contributed by atoms with Gasteiger partial charge in [-0.15, -0.1) is 6.58 Å². The van der Waals surface area contributed by atoms with Gasteiger partial charge in [0.25, 0.3) is 0 Å². The SMILES string of the molecule is C=CC[C@]1(O)CC[C@@H](C(C)(C)C)C[C@]12CCCO2. The molecule has 2 nitrogen and oxygen atoms in total. The maximum Gasteiger partial charge on any atom is 0.0974 e. The molecular formula is C16H28O2. The van der Waals surface area contributed by atoms with Crippen molar-refractivity contribution in [2.45, 2.75) is 70.5 Å². The average Bonchev–Trinajstić information content (AvgIpc) is 2.71. The van der Waals surface area contributed by atoms with Gasteiger partial charge in [0, 0.05) is 6.61 Å². The minimum absolute atomic E-state index is 0.300. The monoisotopic (exact) mass is 252 g/mol. The topological polar surface area (TPSA) is 29.5 Å². The van der Waals surface area contributed by atoms with E-state index >= 15 is 0 Å². The van der Waals surface area contributed by atoms with E-state index in [4.69, 9.17) is 4.74 Å². The summed E-state index contributed by atoms with van der Waals surface area (Å²) < 4.78 is 6.08. The Bertz CT molecular complexity index is 310. The molecule has 0 aromatic rings. The third kappa shape index (κ3) is 2.25. The molecule has 0 aromatic carbocycles.